The van der Waals surface area contributed by atoms with E-state index >= 15 is 0 Å². The molecule has 0 bridgehead atoms. The monoisotopic (exact) mass is 331 g/mol. The van der Waals surface area contributed by atoms with Gasteiger partial charge in [-0.3, -0.25) is 9.78 Å². The first-order valence-corrected chi connectivity index (χ1v) is 8.76. The number of pyridine rings is 1. The van der Waals surface area contributed by atoms with E-state index in [1.165, 1.54) is 4.31 Å². The molecule has 0 unspecified atom stereocenters. The molecule has 2 heterocycles. The van der Waals surface area contributed by atoms with E-state index in [0.29, 0.717) is 19.5 Å². The molecule has 1 amide bonds. The van der Waals surface area contributed by atoms with Crippen molar-refractivity contribution < 1.29 is 13.2 Å². The van der Waals surface area contributed by atoms with Crippen LogP contribution in [-0.2, 0) is 21.4 Å². The Morgan fingerprint density at radius 3 is 2.48 bits per heavy atom. The molecule has 0 spiro atoms. The average molecular weight is 331 g/mol. The van der Waals surface area contributed by atoms with E-state index < -0.39 is 16.1 Å². The Balaban J connectivity index is 1.66. The lowest BCUT2D eigenvalue weighted by atomic mass is 10.1. The van der Waals surface area contributed by atoms with Gasteiger partial charge in [-0.05, 0) is 36.2 Å². The van der Waals surface area contributed by atoms with Crippen molar-refractivity contribution in [2.75, 3.05) is 6.54 Å². The molecule has 1 fully saturated rings. The van der Waals surface area contributed by atoms with Gasteiger partial charge in [-0.1, -0.05) is 18.2 Å². The molecule has 1 aliphatic heterocycles. The summed E-state index contributed by atoms with van der Waals surface area (Å²) < 4.78 is 26.3. The molecule has 120 valence electrons. The van der Waals surface area contributed by atoms with Crippen molar-refractivity contribution in [1.82, 2.24) is 14.6 Å². The number of carbonyl (C=O) groups excluding carboxylic acids is 1. The maximum atomic E-state index is 12.5. The highest BCUT2D eigenvalue weighted by molar-refractivity contribution is 7.89. The van der Waals surface area contributed by atoms with Crippen molar-refractivity contribution in [3.05, 3.63) is 60.4 Å². The molecule has 1 saturated heterocycles. The van der Waals surface area contributed by atoms with Crippen molar-refractivity contribution >= 4 is 15.9 Å². The Morgan fingerprint density at radius 2 is 1.87 bits per heavy atom. The third-order valence-electron chi connectivity index (χ3n) is 3.84. The van der Waals surface area contributed by atoms with Crippen molar-refractivity contribution in [3.8, 4) is 0 Å². The Hall–Kier alpha value is -2.25. The van der Waals surface area contributed by atoms with Crippen LogP contribution in [0.3, 0.4) is 0 Å². The number of hydrogen-bond donors (Lipinski definition) is 1. The molecule has 1 atom stereocenters. The molecule has 0 saturated carbocycles. The first-order valence-electron chi connectivity index (χ1n) is 7.32. The minimum atomic E-state index is -3.62. The molecule has 1 N–H and O–H groups in total. The van der Waals surface area contributed by atoms with Gasteiger partial charge < -0.3 is 5.32 Å². The molecule has 6 nitrogen and oxygen atoms in total. The number of nitrogens with one attached hydrogen (secondary N) is 1. The lowest BCUT2D eigenvalue weighted by molar-refractivity contribution is -0.127. The number of sulfonamides is 1. The fourth-order valence-corrected chi connectivity index (χ4v) is 4.10. The van der Waals surface area contributed by atoms with Crippen LogP contribution in [0.1, 0.15) is 12.0 Å². The molecule has 1 aromatic carbocycles. The lowest BCUT2D eigenvalue weighted by Gasteiger charge is -2.38. The van der Waals surface area contributed by atoms with Crippen LogP contribution in [0.4, 0.5) is 0 Å². The molecular formula is C16H17N3O3S. The number of amides is 1. The Bertz CT molecular complexity index is 779. The summed E-state index contributed by atoms with van der Waals surface area (Å²) in [5.41, 5.74) is 0.921. The van der Waals surface area contributed by atoms with Gasteiger partial charge in [0.05, 0.1) is 4.90 Å². The Labute approximate surface area is 135 Å². The summed E-state index contributed by atoms with van der Waals surface area (Å²) in [6, 6.07) is 11.2. The van der Waals surface area contributed by atoms with E-state index in [2.05, 4.69) is 10.3 Å². The molecule has 7 heteroatoms. The number of rotatable bonds is 5. The number of nitrogens with zero attached hydrogens (tertiary/aromatic N) is 2. The summed E-state index contributed by atoms with van der Waals surface area (Å²) >= 11 is 0. The van der Waals surface area contributed by atoms with E-state index in [0.717, 1.165) is 5.56 Å². The second-order valence-electron chi connectivity index (χ2n) is 5.31. The standard InChI is InChI=1S/C16H17N3O3S/c20-16(18-12-13-6-9-17-10-7-13)15-8-11-19(15)23(21,22)14-4-2-1-3-5-14/h1-7,9-10,15H,8,11-12H2,(H,18,20)/t15-/m0/s1. The van der Waals surface area contributed by atoms with Gasteiger partial charge in [0.25, 0.3) is 0 Å². The average Bonchev–Trinajstić information content (AvgIpc) is 2.53. The van der Waals surface area contributed by atoms with Gasteiger partial charge in [-0.15, -0.1) is 0 Å². The largest absolute Gasteiger partial charge is 0.351 e. The molecule has 0 radical (unpaired) electrons. The molecular weight excluding hydrogens is 314 g/mol. The van der Waals surface area contributed by atoms with Crippen molar-refractivity contribution in [2.45, 2.75) is 23.9 Å². The van der Waals surface area contributed by atoms with Gasteiger partial charge in [-0.2, -0.15) is 4.31 Å². The van der Waals surface area contributed by atoms with E-state index in [1.807, 2.05) is 0 Å². The van der Waals surface area contributed by atoms with Crippen molar-refractivity contribution in [3.63, 3.8) is 0 Å². The highest BCUT2D eigenvalue weighted by Gasteiger charge is 2.42. The normalized spacial score (nSPS) is 18.2. The zero-order valence-corrected chi connectivity index (χ0v) is 13.2. The van der Waals surface area contributed by atoms with Crippen LogP contribution in [0.15, 0.2) is 59.8 Å². The van der Waals surface area contributed by atoms with Crippen LogP contribution in [0, 0.1) is 0 Å². The van der Waals surface area contributed by atoms with Gasteiger partial charge in [-0.25, -0.2) is 8.42 Å². The Morgan fingerprint density at radius 1 is 1.17 bits per heavy atom. The third kappa shape index (κ3) is 3.25. The summed E-state index contributed by atoms with van der Waals surface area (Å²) in [4.78, 5) is 16.4. The van der Waals surface area contributed by atoms with E-state index in [9.17, 15) is 13.2 Å². The predicted molar refractivity (Wildman–Crippen MR) is 84.8 cm³/mol. The fourth-order valence-electron chi connectivity index (χ4n) is 2.45. The van der Waals surface area contributed by atoms with Crippen LogP contribution in [0.25, 0.3) is 0 Å². The summed E-state index contributed by atoms with van der Waals surface area (Å²) in [6.07, 6.45) is 3.84. The zero-order chi connectivity index (χ0) is 16.3. The Kier molecular flexibility index (Phi) is 4.40. The van der Waals surface area contributed by atoms with Gasteiger partial charge in [0, 0.05) is 25.5 Å². The highest BCUT2D eigenvalue weighted by atomic mass is 32.2. The first-order chi connectivity index (χ1) is 11.1. The number of hydrogen-bond acceptors (Lipinski definition) is 4. The number of aromatic nitrogens is 1. The summed E-state index contributed by atoms with van der Waals surface area (Å²) in [6.45, 7) is 0.724. The minimum Gasteiger partial charge on any atom is -0.351 e. The summed E-state index contributed by atoms with van der Waals surface area (Å²) in [5.74, 6) is -0.271. The van der Waals surface area contributed by atoms with Gasteiger partial charge in [0.2, 0.25) is 15.9 Å². The molecule has 0 aliphatic carbocycles. The topological polar surface area (TPSA) is 79.4 Å². The van der Waals surface area contributed by atoms with Crippen LogP contribution >= 0.6 is 0 Å². The molecule has 1 aliphatic rings. The maximum absolute atomic E-state index is 12.5. The fraction of sp³-hybridized carbons (Fsp3) is 0.250. The van der Waals surface area contributed by atoms with Gasteiger partial charge in [0.1, 0.15) is 6.04 Å². The number of carbonyl (C=O) groups is 1. The lowest BCUT2D eigenvalue weighted by Crippen LogP contribution is -2.57. The summed E-state index contributed by atoms with van der Waals surface area (Å²) in [7, 11) is -3.62. The SMILES string of the molecule is O=C(NCc1ccncc1)[C@@H]1CCN1S(=O)(=O)c1ccccc1. The van der Waals surface area contributed by atoms with Crippen molar-refractivity contribution in [1.29, 1.82) is 0 Å². The third-order valence-corrected chi connectivity index (χ3v) is 5.76. The highest BCUT2D eigenvalue weighted by Crippen LogP contribution is 2.26. The van der Waals surface area contributed by atoms with E-state index in [-0.39, 0.29) is 10.8 Å². The smallest absolute Gasteiger partial charge is 0.243 e. The van der Waals surface area contributed by atoms with E-state index in [1.54, 1.807) is 54.9 Å². The maximum Gasteiger partial charge on any atom is 0.243 e. The van der Waals surface area contributed by atoms with E-state index in [4.69, 9.17) is 0 Å². The van der Waals surface area contributed by atoms with Gasteiger partial charge in [0.15, 0.2) is 0 Å². The van der Waals surface area contributed by atoms with Crippen LogP contribution in [0.5, 0.6) is 0 Å². The number of benzene rings is 1. The van der Waals surface area contributed by atoms with Crippen LogP contribution in [-0.4, -0.2) is 36.2 Å². The van der Waals surface area contributed by atoms with Gasteiger partial charge >= 0.3 is 0 Å². The second kappa shape index (κ2) is 6.47. The minimum absolute atomic E-state index is 0.214. The molecule has 2 aromatic rings. The van der Waals surface area contributed by atoms with Crippen LogP contribution < -0.4 is 5.32 Å². The molecule has 3 rings (SSSR count). The first kappa shape index (κ1) is 15.6. The second-order valence-corrected chi connectivity index (χ2v) is 7.20. The summed E-state index contributed by atoms with van der Waals surface area (Å²) in [5, 5.41) is 2.78. The molecule has 23 heavy (non-hydrogen) atoms. The van der Waals surface area contributed by atoms with Crippen molar-refractivity contribution in [2.24, 2.45) is 0 Å². The van der Waals surface area contributed by atoms with Crippen LogP contribution in [0.2, 0.25) is 0 Å². The molecule has 1 aromatic heterocycles. The quantitative estimate of drug-likeness (QED) is 0.892. The zero-order valence-electron chi connectivity index (χ0n) is 12.4. The predicted octanol–water partition coefficient (Wildman–Crippen LogP) is 1.16.